The summed E-state index contributed by atoms with van der Waals surface area (Å²) in [6, 6.07) is 6.72. The Labute approximate surface area is 143 Å². The van der Waals surface area contributed by atoms with Crippen LogP contribution in [0.5, 0.6) is 0 Å². The molecule has 1 aromatic heterocycles. The molecule has 2 nitrogen and oxygen atoms in total. The lowest BCUT2D eigenvalue weighted by molar-refractivity contribution is -0.138. The average molecular weight is 376 g/mol. The summed E-state index contributed by atoms with van der Waals surface area (Å²) in [5.74, 6) is -0.0493. The fraction of sp³-hybridized carbons (Fsp3) is 0.250. The summed E-state index contributed by atoms with van der Waals surface area (Å²) in [6.45, 7) is 1.35. The van der Waals surface area contributed by atoms with Crippen molar-refractivity contribution in [3.63, 3.8) is 0 Å². The Bertz CT molecular complexity index is 821. The van der Waals surface area contributed by atoms with Gasteiger partial charge in [-0.15, -0.1) is 11.8 Å². The topological polar surface area (TPSA) is 36.7 Å². The molecule has 9 heteroatoms. The van der Waals surface area contributed by atoms with Crippen LogP contribution < -0.4 is 0 Å². The van der Waals surface area contributed by atoms with Crippen LogP contribution in [0.25, 0.3) is 0 Å². The van der Waals surface area contributed by atoms with Gasteiger partial charge < -0.3 is 0 Å². The first kappa shape index (κ1) is 19.1. The predicted octanol–water partition coefficient (Wildman–Crippen LogP) is 5.59. The molecule has 0 saturated carbocycles. The highest BCUT2D eigenvalue weighted by Crippen LogP contribution is 2.37. The zero-order valence-corrected chi connectivity index (χ0v) is 13.5. The van der Waals surface area contributed by atoms with Gasteiger partial charge in [-0.05, 0) is 24.6 Å². The van der Waals surface area contributed by atoms with Gasteiger partial charge in [0.15, 0.2) is 0 Å². The number of pyridine rings is 1. The molecule has 0 N–H and O–H groups in total. The van der Waals surface area contributed by atoms with Gasteiger partial charge in [-0.1, -0.05) is 18.2 Å². The number of hydrogen-bond acceptors (Lipinski definition) is 3. The quantitative estimate of drug-likeness (QED) is 0.517. The third-order valence-electron chi connectivity index (χ3n) is 3.16. The summed E-state index contributed by atoms with van der Waals surface area (Å²) in [5.41, 5.74) is -2.25. The number of nitrogens with zero attached hydrogens (tertiary/aromatic N) is 2. The molecule has 0 radical (unpaired) electrons. The van der Waals surface area contributed by atoms with E-state index in [0.717, 1.165) is 30.0 Å². The Morgan fingerprint density at radius 1 is 1.08 bits per heavy atom. The summed E-state index contributed by atoms with van der Waals surface area (Å²) in [5, 5.41) is 8.89. The summed E-state index contributed by atoms with van der Waals surface area (Å²) >= 11 is 0.788. The Hall–Kier alpha value is -2.21. The SMILES string of the molecule is Cc1cc(C(F)(F)F)c(C#N)c(SCc2cccc(C(F)(F)F)c2)n1. The predicted molar refractivity (Wildman–Crippen MR) is 79.7 cm³/mol. The smallest absolute Gasteiger partial charge is 0.245 e. The van der Waals surface area contributed by atoms with Crippen LogP contribution in [0.4, 0.5) is 26.3 Å². The second-order valence-corrected chi connectivity index (χ2v) is 6.05. The number of benzene rings is 1. The van der Waals surface area contributed by atoms with Gasteiger partial charge in [-0.3, -0.25) is 0 Å². The van der Waals surface area contributed by atoms with E-state index in [1.54, 1.807) is 0 Å². The van der Waals surface area contributed by atoms with E-state index in [4.69, 9.17) is 5.26 Å². The van der Waals surface area contributed by atoms with Gasteiger partial charge in [-0.25, -0.2) is 4.98 Å². The van der Waals surface area contributed by atoms with Crippen LogP contribution in [0.2, 0.25) is 0 Å². The number of alkyl halides is 6. The Balaban J connectivity index is 2.33. The summed E-state index contributed by atoms with van der Waals surface area (Å²) in [4.78, 5) is 3.92. The summed E-state index contributed by atoms with van der Waals surface area (Å²) in [6.07, 6.45) is -9.23. The van der Waals surface area contributed by atoms with E-state index in [1.165, 1.54) is 25.1 Å². The third-order valence-corrected chi connectivity index (χ3v) is 4.21. The number of aryl methyl sites for hydroxylation is 1. The van der Waals surface area contributed by atoms with Crippen molar-refractivity contribution >= 4 is 11.8 Å². The molecule has 0 fully saturated rings. The van der Waals surface area contributed by atoms with E-state index < -0.39 is 29.0 Å². The number of nitriles is 1. The van der Waals surface area contributed by atoms with E-state index in [0.29, 0.717) is 0 Å². The van der Waals surface area contributed by atoms with Crippen LogP contribution in [0.1, 0.15) is 27.9 Å². The summed E-state index contributed by atoms with van der Waals surface area (Å²) < 4.78 is 77.2. The largest absolute Gasteiger partial charge is 0.417 e. The van der Waals surface area contributed by atoms with Gasteiger partial charge in [0.1, 0.15) is 11.1 Å². The molecule has 0 unspecified atom stereocenters. The zero-order chi connectivity index (χ0) is 18.8. The summed E-state index contributed by atoms with van der Waals surface area (Å²) in [7, 11) is 0. The molecule has 0 bridgehead atoms. The van der Waals surface area contributed by atoms with Crippen molar-refractivity contribution in [3.8, 4) is 6.07 Å². The first-order chi connectivity index (χ1) is 11.5. The Morgan fingerprint density at radius 3 is 2.32 bits per heavy atom. The van der Waals surface area contributed by atoms with Crippen LogP contribution in [-0.2, 0) is 18.1 Å². The minimum Gasteiger partial charge on any atom is -0.245 e. The molecular weight excluding hydrogens is 366 g/mol. The molecule has 0 aliphatic heterocycles. The lowest BCUT2D eigenvalue weighted by atomic mass is 10.1. The van der Waals surface area contributed by atoms with Crippen LogP contribution in [0.15, 0.2) is 35.4 Å². The van der Waals surface area contributed by atoms with E-state index in [2.05, 4.69) is 4.98 Å². The minimum atomic E-state index is -4.72. The van der Waals surface area contributed by atoms with Gasteiger partial charge in [0.05, 0.1) is 16.7 Å². The molecule has 1 heterocycles. The normalized spacial score (nSPS) is 12.1. The van der Waals surface area contributed by atoms with Gasteiger partial charge in [-0.2, -0.15) is 31.6 Å². The van der Waals surface area contributed by atoms with Crippen molar-refractivity contribution in [1.82, 2.24) is 4.98 Å². The third kappa shape index (κ3) is 4.66. The molecule has 0 aliphatic rings. The van der Waals surface area contributed by atoms with Crippen molar-refractivity contribution in [3.05, 3.63) is 58.3 Å². The number of rotatable bonds is 3. The zero-order valence-electron chi connectivity index (χ0n) is 12.7. The van der Waals surface area contributed by atoms with Crippen LogP contribution in [0, 0.1) is 18.3 Å². The maximum Gasteiger partial charge on any atom is 0.417 e. The lowest BCUT2D eigenvalue weighted by Gasteiger charge is -2.13. The van der Waals surface area contributed by atoms with Crippen molar-refractivity contribution in [2.75, 3.05) is 0 Å². The highest BCUT2D eigenvalue weighted by molar-refractivity contribution is 7.98. The first-order valence-corrected chi connectivity index (χ1v) is 7.79. The fourth-order valence-corrected chi connectivity index (χ4v) is 3.06. The molecule has 25 heavy (non-hydrogen) atoms. The highest BCUT2D eigenvalue weighted by Gasteiger charge is 2.35. The standard InChI is InChI=1S/C16H10F6N2S/c1-9-5-13(16(20,21)22)12(7-23)14(24-9)25-8-10-3-2-4-11(6-10)15(17,18)19/h2-6H,8H2,1H3. The van der Waals surface area contributed by atoms with Gasteiger partial charge in [0.2, 0.25) is 0 Å². The fourth-order valence-electron chi connectivity index (χ4n) is 2.07. The molecule has 132 valence electrons. The van der Waals surface area contributed by atoms with Crippen molar-refractivity contribution < 1.29 is 26.3 Å². The average Bonchev–Trinajstić information content (AvgIpc) is 2.51. The van der Waals surface area contributed by atoms with E-state index in [1.807, 2.05) is 0 Å². The minimum absolute atomic E-state index is 0.0493. The number of aromatic nitrogens is 1. The highest BCUT2D eigenvalue weighted by atomic mass is 32.2. The van der Waals surface area contributed by atoms with E-state index in [-0.39, 0.29) is 22.0 Å². The van der Waals surface area contributed by atoms with E-state index in [9.17, 15) is 26.3 Å². The molecule has 0 spiro atoms. The number of thioether (sulfide) groups is 1. The second-order valence-electron chi connectivity index (χ2n) is 5.09. The van der Waals surface area contributed by atoms with Crippen LogP contribution >= 0.6 is 11.8 Å². The molecular formula is C16H10F6N2S. The first-order valence-electron chi connectivity index (χ1n) is 6.80. The number of halogens is 6. The molecule has 0 atom stereocenters. The maximum atomic E-state index is 13.0. The molecule has 0 aliphatic carbocycles. The molecule has 0 saturated heterocycles. The van der Waals surface area contributed by atoms with Crippen molar-refractivity contribution in [2.24, 2.45) is 0 Å². The molecule has 1 aromatic carbocycles. The maximum absolute atomic E-state index is 13.0. The van der Waals surface area contributed by atoms with Gasteiger partial charge in [0.25, 0.3) is 0 Å². The number of hydrogen-bond donors (Lipinski definition) is 0. The van der Waals surface area contributed by atoms with Gasteiger partial charge in [0, 0.05) is 11.4 Å². The monoisotopic (exact) mass is 376 g/mol. The Kier molecular flexibility index (Phi) is 5.32. The Morgan fingerprint density at radius 2 is 1.76 bits per heavy atom. The molecule has 0 amide bonds. The lowest BCUT2D eigenvalue weighted by Crippen LogP contribution is -2.10. The molecule has 2 aromatic rings. The van der Waals surface area contributed by atoms with Gasteiger partial charge >= 0.3 is 12.4 Å². The van der Waals surface area contributed by atoms with Crippen molar-refractivity contribution in [2.45, 2.75) is 30.1 Å². The van der Waals surface area contributed by atoms with Crippen LogP contribution in [-0.4, -0.2) is 4.98 Å². The molecule has 2 rings (SSSR count). The van der Waals surface area contributed by atoms with E-state index >= 15 is 0 Å². The second kappa shape index (κ2) is 6.96. The van der Waals surface area contributed by atoms with Crippen LogP contribution in [0.3, 0.4) is 0 Å². The van der Waals surface area contributed by atoms with Crippen molar-refractivity contribution in [1.29, 1.82) is 5.26 Å².